The maximum Gasteiger partial charge on any atom is 0.336 e. The molecule has 0 amide bonds. The van der Waals surface area contributed by atoms with Gasteiger partial charge in [0.1, 0.15) is 23.8 Å². The molecule has 2 heterocycles. The molecule has 0 saturated heterocycles. The molecule has 0 atom stereocenters. The summed E-state index contributed by atoms with van der Waals surface area (Å²) in [4.78, 5) is 14.6. The number of ether oxygens (including phenoxy) is 2. The molecular formula is C26H23NO4. The van der Waals surface area contributed by atoms with Crippen LogP contribution in [0.4, 0.5) is 0 Å². The van der Waals surface area contributed by atoms with Crippen LogP contribution in [0.3, 0.4) is 0 Å². The Morgan fingerprint density at radius 2 is 1.81 bits per heavy atom. The summed E-state index contributed by atoms with van der Waals surface area (Å²) in [6.07, 6.45) is 0. The van der Waals surface area contributed by atoms with Crippen LogP contribution in [0.2, 0.25) is 0 Å². The third-order valence-corrected chi connectivity index (χ3v) is 5.73. The highest BCUT2D eigenvalue weighted by atomic mass is 16.5. The highest BCUT2D eigenvalue weighted by Crippen LogP contribution is 2.38. The normalized spacial score (nSPS) is 13.6. The fourth-order valence-corrected chi connectivity index (χ4v) is 4.22. The monoisotopic (exact) mass is 413 g/mol. The largest absolute Gasteiger partial charge is 0.497 e. The highest BCUT2D eigenvalue weighted by molar-refractivity contribution is 5.96. The van der Waals surface area contributed by atoms with Crippen LogP contribution in [0, 0.1) is 6.92 Å². The van der Waals surface area contributed by atoms with E-state index in [9.17, 15) is 4.79 Å². The van der Waals surface area contributed by atoms with Gasteiger partial charge in [-0.15, -0.1) is 0 Å². The summed E-state index contributed by atoms with van der Waals surface area (Å²) >= 11 is 0. The van der Waals surface area contributed by atoms with Gasteiger partial charge in [-0.2, -0.15) is 0 Å². The minimum absolute atomic E-state index is 0.372. The van der Waals surface area contributed by atoms with E-state index in [-0.39, 0.29) is 5.63 Å². The summed E-state index contributed by atoms with van der Waals surface area (Å²) < 4.78 is 17.0. The van der Waals surface area contributed by atoms with Gasteiger partial charge in [0, 0.05) is 35.7 Å². The molecule has 1 aliphatic heterocycles. The van der Waals surface area contributed by atoms with Gasteiger partial charge in [0.05, 0.1) is 7.11 Å². The van der Waals surface area contributed by atoms with Crippen molar-refractivity contribution in [3.63, 3.8) is 0 Å². The van der Waals surface area contributed by atoms with Crippen molar-refractivity contribution >= 4 is 11.0 Å². The number of aryl methyl sites for hydroxylation is 1. The standard InChI is InChI=1S/C26H23NO4/c1-17-25-20(15-27(16-30-25)14-18-6-4-3-5-7-18)12-23-22(13-24(28)31-26(17)23)19-8-10-21(29-2)11-9-19/h3-13H,14-16H2,1-2H3. The second-order valence-corrected chi connectivity index (χ2v) is 7.82. The Morgan fingerprint density at radius 1 is 1.03 bits per heavy atom. The second kappa shape index (κ2) is 7.93. The molecule has 1 aliphatic rings. The number of methoxy groups -OCH3 is 1. The van der Waals surface area contributed by atoms with Crippen molar-refractivity contribution in [2.45, 2.75) is 20.0 Å². The molecule has 0 spiro atoms. The van der Waals surface area contributed by atoms with Gasteiger partial charge in [-0.25, -0.2) is 4.79 Å². The van der Waals surface area contributed by atoms with E-state index in [0.29, 0.717) is 12.3 Å². The van der Waals surface area contributed by atoms with E-state index in [4.69, 9.17) is 13.9 Å². The number of hydrogen-bond donors (Lipinski definition) is 0. The Morgan fingerprint density at radius 3 is 2.55 bits per heavy atom. The molecule has 1 aromatic heterocycles. The molecule has 31 heavy (non-hydrogen) atoms. The number of nitrogens with zero attached hydrogens (tertiary/aromatic N) is 1. The lowest BCUT2D eigenvalue weighted by Crippen LogP contribution is -2.31. The van der Waals surface area contributed by atoms with Gasteiger partial charge < -0.3 is 13.9 Å². The van der Waals surface area contributed by atoms with Crippen molar-refractivity contribution in [2.24, 2.45) is 0 Å². The number of hydrogen-bond acceptors (Lipinski definition) is 5. The third-order valence-electron chi connectivity index (χ3n) is 5.73. The number of benzene rings is 3. The van der Waals surface area contributed by atoms with Crippen LogP contribution < -0.4 is 15.1 Å². The molecule has 0 unspecified atom stereocenters. The second-order valence-electron chi connectivity index (χ2n) is 7.82. The predicted octanol–water partition coefficient (Wildman–Crippen LogP) is 5.13. The van der Waals surface area contributed by atoms with E-state index in [1.54, 1.807) is 13.2 Å². The highest BCUT2D eigenvalue weighted by Gasteiger charge is 2.23. The first kappa shape index (κ1) is 19.4. The maximum absolute atomic E-state index is 12.3. The molecular weight excluding hydrogens is 390 g/mol. The zero-order chi connectivity index (χ0) is 21.4. The van der Waals surface area contributed by atoms with Gasteiger partial charge in [0.15, 0.2) is 0 Å². The van der Waals surface area contributed by atoms with Crippen molar-refractivity contribution in [3.8, 4) is 22.6 Å². The zero-order valence-corrected chi connectivity index (χ0v) is 17.6. The lowest BCUT2D eigenvalue weighted by Gasteiger charge is -2.30. The predicted molar refractivity (Wildman–Crippen MR) is 120 cm³/mol. The summed E-state index contributed by atoms with van der Waals surface area (Å²) in [6, 6.07) is 21.7. The molecule has 5 rings (SSSR count). The Balaban J connectivity index is 1.58. The smallest absolute Gasteiger partial charge is 0.336 e. The molecule has 0 saturated carbocycles. The number of rotatable bonds is 4. The van der Waals surface area contributed by atoms with Crippen molar-refractivity contribution in [1.29, 1.82) is 0 Å². The molecule has 0 bridgehead atoms. The molecule has 5 heteroatoms. The first-order valence-corrected chi connectivity index (χ1v) is 10.3. The van der Waals surface area contributed by atoms with Crippen LogP contribution in [-0.2, 0) is 13.1 Å². The molecule has 0 radical (unpaired) electrons. The first-order valence-electron chi connectivity index (χ1n) is 10.3. The summed E-state index contributed by atoms with van der Waals surface area (Å²) in [5.41, 5.74) is 5.19. The first-order chi connectivity index (χ1) is 15.1. The minimum atomic E-state index is -0.372. The fraction of sp³-hybridized carbons (Fsp3) is 0.192. The average molecular weight is 413 g/mol. The van der Waals surface area contributed by atoms with Crippen LogP contribution >= 0.6 is 0 Å². The fourth-order valence-electron chi connectivity index (χ4n) is 4.22. The van der Waals surface area contributed by atoms with Gasteiger partial charge in [0.25, 0.3) is 0 Å². The molecule has 3 aromatic carbocycles. The van der Waals surface area contributed by atoms with Crippen LogP contribution in [0.25, 0.3) is 22.1 Å². The van der Waals surface area contributed by atoms with Gasteiger partial charge in [-0.1, -0.05) is 42.5 Å². The van der Waals surface area contributed by atoms with E-state index in [1.807, 2.05) is 37.3 Å². The van der Waals surface area contributed by atoms with Gasteiger partial charge >= 0.3 is 5.63 Å². The quantitative estimate of drug-likeness (QED) is 0.434. The molecule has 4 aromatic rings. The Bertz CT molecular complexity index is 1290. The van der Waals surface area contributed by atoms with Crippen LogP contribution in [0.5, 0.6) is 11.5 Å². The maximum atomic E-state index is 12.3. The summed E-state index contributed by atoms with van der Waals surface area (Å²) in [7, 11) is 1.64. The van der Waals surface area contributed by atoms with E-state index >= 15 is 0 Å². The molecule has 0 fully saturated rings. The van der Waals surface area contributed by atoms with Crippen molar-refractivity contribution < 1.29 is 13.9 Å². The van der Waals surface area contributed by atoms with Crippen molar-refractivity contribution in [1.82, 2.24) is 4.90 Å². The van der Waals surface area contributed by atoms with E-state index < -0.39 is 0 Å². The topological polar surface area (TPSA) is 51.9 Å². The molecule has 5 nitrogen and oxygen atoms in total. The number of fused-ring (bicyclic) bond motifs is 2. The average Bonchev–Trinajstić information content (AvgIpc) is 2.80. The molecule has 0 aliphatic carbocycles. The Hall–Kier alpha value is -3.57. The van der Waals surface area contributed by atoms with E-state index in [0.717, 1.165) is 52.2 Å². The van der Waals surface area contributed by atoms with Crippen LogP contribution in [0.15, 0.2) is 75.9 Å². The third kappa shape index (κ3) is 3.68. The Kier molecular flexibility index (Phi) is 4.96. The SMILES string of the molecule is COc1ccc(-c2cc(=O)oc3c(C)c4c(cc23)CN(Cc2ccccc2)CO4)cc1. The summed E-state index contributed by atoms with van der Waals surface area (Å²) in [5, 5.41) is 0.908. The van der Waals surface area contributed by atoms with Crippen LogP contribution in [-0.4, -0.2) is 18.7 Å². The zero-order valence-electron chi connectivity index (χ0n) is 17.6. The molecule has 156 valence electrons. The van der Waals surface area contributed by atoms with Gasteiger partial charge in [-0.3, -0.25) is 4.90 Å². The lowest BCUT2D eigenvalue weighted by molar-refractivity contribution is 0.0881. The lowest BCUT2D eigenvalue weighted by atomic mass is 9.96. The van der Waals surface area contributed by atoms with Gasteiger partial charge in [-0.05, 0) is 41.8 Å². The summed E-state index contributed by atoms with van der Waals surface area (Å²) in [5.74, 6) is 1.58. The van der Waals surface area contributed by atoms with E-state index in [1.165, 1.54) is 5.56 Å². The minimum Gasteiger partial charge on any atom is -0.497 e. The Labute approximate surface area is 180 Å². The van der Waals surface area contributed by atoms with Crippen molar-refractivity contribution in [2.75, 3.05) is 13.8 Å². The summed E-state index contributed by atoms with van der Waals surface area (Å²) in [6.45, 7) is 4.03. The van der Waals surface area contributed by atoms with E-state index in [2.05, 4.69) is 35.2 Å². The van der Waals surface area contributed by atoms with Gasteiger partial charge in [0.2, 0.25) is 0 Å². The van der Waals surface area contributed by atoms with Crippen LogP contribution in [0.1, 0.15) is 16.7 Å². The molecule has 0 N–H and O–H groups in total. The van der Waals surface area contributed by atoms with Crippen molar-refractivity contribution in [3.05, 3.63) is 93.8 Å².